The van der Waals surface area contributed by atoms with Gasteiger partial charge in [0.2, 0.25) is 0 Å². The average molecular weight is 319 g/mol. The van der Waals surface area contributed by atoms with Crippen LogP contribution < -0.4 is 5.32 Å². The van der Waals surface area contributed by atoms with Gasteiger partial charge in [0.25, 0.3) is 0 Å². The van der Waals surface area contributed by atoms with E-state index in [1.165, 1.54) is 6.07 Å². The molecular weight excluding hydrogens is 297 g/mol. The Balaban J connectivity index is 1.93. The molecule has 0 amide bonds. The number of furan rings is 1. The second-order valence-electron chi connectivity index (χ2n) is 6.29. The SMILES string of the molecule is Cc1c(F)cccc1-c1ccc(CNCCC(C)(C)C(=O)O)o1. The van der Waals surface area contributed by atoms with Crippen LogP contribution in [0, 0.1) is 18.2 Å². The van der Waals surface area contributed by atoms with Crippen LogP contribution in [0.2, 0.25) is 0 Å². The van der Waals surface area contributed by atoms with Crippen LogP contribution in [0.1, 0.15) is 31.6 Å². The minimum atomic E-state index is -0.804. The molecule has 0 aliphatic rings. The molecule has 0 radical (unpaired) electrons. The molecule has 0 atom stereocenters. The summed E-state index contributed by atoms with van der Waals surface area (Å²) in [6, 6.07) is 8.57. The molecule has 1 aromatic carbocycles. The van der Waals surface area contributed by atoms with E-state index < -0.39 is 11.4 Å². The number of rotatable bonds is 7. The lowest BCUT2D eigenvalue weighted by Crippen LogP contribution is -2.28. The molecule has 2 rings (SSSR count). The number of aliphatic carboxylic acids is 1. The van der Waals surface area contributed by atoms with Crippen molar-refractivity contribution in [3.63, 3.8) is 0 Å². The maximum Gasteiger partial charge on any atom is 0.309 e. The van der Waals surface area contributed by atoms with Gasteiger partial charge in [-0.3, -0.25) is 4.79 Å². The minimum Gasteiger partial charge on any atom is -0.481 e. The summed E-state index contributed by atoms with van der Waals surface area (Å²) in [6.07, 6.45) is 0.527. The van der Waals surface area contributed by atoms with Crippen LogP contribution in [-0.2, 0) is 11.3 Å². The highest BCUT2D eigenvalue weighted by molar-refractivity contribution is 5.73. The third kappa shape index (κ3) is 4.20. The van der Waals surface area contributed by atoms with Gasteiger partial charge < -0.3 is 14.8 Å². The Morgan fingerprint density at radius 2 is 2.04 bits per heavy atom. The van der Waals surface area contributed by atoms with Crippen LogP contribution in [0.25, 0.3) is 11.3 Å². The van der Waals surface area contributed by atoms with E-state index in [-0.39, 0.29) is 5.82 Å². The van der Waals surface area contributed by atoms with Crippen molar-refractivity contribution < 1.29 is 18.7 Å². The standard InChI is InChI=1S/C18H22FNO3/c1-12-14(5-4-6-15(12)19)16-8-7-13(23-16)11-20-10-9-18(2,3)17(21)22/h4-8,20H,9-11H2,1-3H3,(H,21,22). The van der Waals surface area contributed by atoms with Crippen molar-refractivity contribution in [1.29, 1.82) is 0 Å². The van der Waals surface area contributed by atoms with Gasteiger partial charge in [-0.2, -0.15) is 0 Å². The molecule has 0 fully saturated rings. The number of benzene rings is 1. The van der Waals surface area contributed by atoms with Gasteiger partial charge in [-0.15, -0.1) is 0 Å². The van der Waals surface area contributed by atoms with Gasteiger partial charge >= 0.3 is 5.97 Å². The van der Waals surface area contributed by atoms with Crippen molar-refractivity contribution in [3.05, 3.63) is 47.5 Å². The first-order chi connectivity index (χ1) is 10.8. The lowest BCUT2D eigenvalue weighted by molar-refractivity contribution is -0.147. The van der Waals surface area contributed by atoms with Crippen LogP contribution in [0.5, 0.6) is 0 Å². The molecule has 23 heavy (non-hydrogen) atoms. The van der Waals surface area contributed by atoms with Crippen LogP contribution >= 0.6 is 0 Å². The number of carboxylic acids is 1. The van der Waals surface area contributed by atoms with Gasteiger partial charge in [0.1, 0.15) is 17.3 Å². The number of nitrogens with one attached hydrogen (secondary N) is 1. The second-order valence-corrected chi connectivity index (χ2v) is 6.29. The highest BCUT2D eigenvalue weighted by Gasteiger charge is 2.26. The van der Waals surface area contributed by atoms with Gasteiger partial charge in [-0.1, -0.05) is 12.1 Å². The zero-order valence-corrected chi connectivity index (χ0v) is 13.6. The summed E-state index contributed by atoms with van der Waals surface area (Å²) in [4.78, 5) is 11.0. The van der Waals surface area contributed by atoms with Crippen LogP contribution in [0.4, 0.5) is 4.39 Å². The van der Waals surface area contributed by atoms with Crippen molar-refractivity contribution in [2.75, 3.05) is 6.54 Å². The maximum atomic E-state index is 13.6. The van der Waals surface area contributed by atoms with Gasteiger partial charge in [0.15, 0.2) is 0 Å². The van der Waals surface area contributed by atoms with Crippen LogP contribution in [0.3, 0.4) is 0 Å². The predicted octanol–water partition coefficient (Wildman–Crippen LogP) is 3.98. The third-order valence-corrected chi connectivity index (χ3v) is 4.00. The van der Waals surface area contributed by atoms with Crippen LogP contribution in [0.15, 0.2) is 34.7 Å². The Morgan fingerprint density at radius 1 is 1.30 bits per heavy atom. The lowest BCUT2D eigenvalue weighted by atomic mass is 9.90. The second kappa shape index (κ2) is 6.96. The van der Waals surface area contributed by atoms with Gasteiger partial charge in [0, 0.05) is 5.56 Å². The number of hydrogen-bond donors (Lipinski definition) is 2. The van der Waals surface area contributed by atoms with Crippen LogP contribution in [-0.4, -0.2) is 17.6 Å². The lowest BCUT2D eigenvalue weighted by Gasteiger charge is -2.18. The topological polar surface area (TPSA) is 62.5 Å². The molecule has 0 saturated carbocycles. The van der Waals surface area contributed by atoms with Gasteiger partial charge in [-0.25, -0.2) is 4.39 Å². The molecule has 5 heteroatoms. The smallest absolute Gasteiger partial charge is 0.309 e. The molecule has 0 spiro atoms. The first kappa shape index (κ1) is 17.2. The summed E-state index contributed by atoms with van der Waals surface area (Å²) in [5, 5.41) is 12.2. The van der Waals surface area contributed by atoms with Crippen molar-refractivity contribution in [1.82, 2.24) is 5.32 Å². The van der Waals surface area contributed by atoms with E-state index in [4.69, 9.17) is 9.52 Å². The fraction of sp³-hybridized carbons (Fsp3) is 0.389. The molecule has 124 valence electrons. The van der Waals surface area contributed by atoms with E-state index in [1.54, 1.807) is 26.8 Å². The quantitative estimate of drug-likeness (QED) is 0.758. The van der Waals surface area contributed by atoms with Crippen molar-refractivity contribution in [2.45, 2.75) is 33.7 Å². The van der Waals surface area contributed by atoms with Gasteiger partial charge in [-0.05, 0) is 57.5 Å². The number of carboxylic acid groups (broad SMARTS) is 1. The Kier molecular flexibility index (Phi) is 5.21. The Morgan fingerprint density at radius 3 is 2.74 bits per heavy atom. The monoisotopic (exact) mass is 319 g/mol. The summed E-state index contributed by atoms with van der Waals surface area (Å²) < 4.78 is 19.3. The molecular formula is C18H22FNO3. The Bertz CT molecular complexity index is 691. The summed E-state index contributed by atoms with van der Waals surface area (Å²) in [7, 11) is 0. The minimum absolute atomic E-state index is 0.255. The third-order valence-electron chi connectivity index (χ3n) is 4.00. The summed E-state index contributed by atoms with van der Waals surface area (Å²) in [6.45, 7) is 6.21. The van der Waals surface area contributed by atoms with Crippen molar-refractivity contribution in [3.8, 4) is 11.3 Å². The zero-order chi connectivity index (χ0) is 17.0. The molecule has 0 aliphatic carbocycles. The normalized spacial score (nSPS) is 11.7. The summed E-state index contributed by atoms with van der Waals surface area (Å²) in [5.41, 5.74) is 0.549. The molecule has 0 bridgehead atoms. The fourth-order valence-corrected chi connectivity index (χ4v) is 2.21. The van der Waals surface area contributed by atoms with E-state index >= 15 is 0 Å². The van der Waals surface area contributed by atoms with Crippen molar-refractivity contribution >= 4 is 5.97 Å². The van der Waals surface area contributed by atoms with Gasteiger partial charge in [0.05, 0.1) is 12.0 Å². The van der Waals surface area contributed by atoms with E-state index in [0.717, 1.165) is 11.3 Å². The summed E-state index contributed by atoms with van der Waals surface area (Å²) >= 11 is 0. The number of carbonyl (C=O) groups is 1. The first-order valence-corrected chi connectivity index (χ1v) is 7.59. The highest BCUT2D eigenvalue weighted by atomic mass is 19.1. The summed E-state index contributed by atoms with van der Waals surface area (Å²) in [5.74, 6) is 0.303. The molecule has 0 unspecified atom stereocenters. The fourth-order valence-electron chi connectivity index (χ4n) is 2.21. The highest BCUT2D eigenvalue weighted by Crippen LogP contribution is 2.27. The number of halogens is 1. The molecule has 0 saturated heterocycles. The molecule has 1 aromatic heterocycles. The van der Waals surface area contributed by atoms with Crippen molar-refractivity contribution in [2.24, 2.45) is 5.41 Å². The first-order valence-electron chi connectivity index (χ1n) is 7.59. The molecule has 2 N–H and O–H groups in total. The average Bonchev–Trinajstić information content (AvgIpc) is 2.95. The molecule has 1 heterocycles. The van der Waals surface area contributed by atoms with E-state index in [0.29, 0.717) is 30.8 Å². The van der Waals surface area contributed by atoms with E-state index in [1.807, 2.05) is 18.2 Å². The van der Waals surface area contributed by atoms with E-state index in [2.05, 4.69) is 5.32 Å². The number of hydrogen-bond acceptors (Lipinski definition) is 3. The van der Waals surface area contributed by atoms with E-state index in [9.17, 15) is 9.18 Å². The molecule has 2 aromatic rings. The predicted molar refractivity (Wildman–Crippen MR) is 86.6 cm³/mol. The Hall–Kier alpha value is -2.14. The maximum absolute atomic E-state index is 13.6. The zero-order valence-electron chi connectivity index (χ0n) is 13.6. The largest absolute Gasteiger partial charge is 0.481 e. The Labute approximate surface area is 135 Å². The molecule has 0 aliphatic heterocycles. The molecule has 4 nitrogen and oxygen atoms in total.